The van der Waals surface area contributed by atoms with Crippen molar-refractivity contribution in [1.82, 2.24) is 0 Å². The number of nitrogen functional groups attached to an aromatic ring is 2. The molecule has 0 aliphatic heterocycles. The molecule has 0 heterocycles. The molecule has 4 N–H and O–H groups in total. The lowest BCUT2D eigenvalue weighted by Crippen LogP contribution is -2.26. The Kier molecular flexibility index (Phi) is 6.00. The van der Waals surface area contributed by atoms with Crippen molar-refractivity contribution >= 4 is 11.4 Å². The van der Waals surface area contributed by atoms with Gasteiger partial charge in [-0.05, 0) is 103 Å². The van der Waals surface area contributed by atoms with Gasteiger partial charge in [-0.2, -0.15) is 26.3 Å². The summed E-state index contributed by atoms with van der Waals surface area (Å²) in [4.78, 5) is 0. The minimum absolute atomic E-state index is 0.00168. The van der Waals surface area contributed by atoms with E-state index in [1.54, 1.807) is 24.3 Å². The summed E-state index contributed by atoms with van der Waals surface area (Å²) in [6, 6.07) is 33.7. The largest absolute Gasteiger partial charge is 0.417 e. The van der Waals surface area contributed by atoms with Crippen LogP contribution >= 0.6 is 0 Å². The van der Waals surface area contributed by atoms with Gasteiger partial charge in [0.1, 0.15) is 0 Å². The summed E-state index contributed by atoms with van der Waals surface area (Å²) in [5.41, 5.74) is 16.3. The van der Waals surface area contributed by atoms with Crippen molar-refractivity contribution < 1.29 is 26.3 Å². The molecule has 0 radical (unpaired) electrons. The highest BCUT2D eigenvalue weighted by atomic mass is 19.4. The predicted molar refractivity (Wildman–Crippen MR) is 172 cm³/mol. The van der Waals surface area contributed by atoms with Crippen LogP contribution in [-0.4, -0.2) is 0 Å². The minimum atomic E-state index is -4.65. The van der Waals surface area contributed by atoms with Crippen LogP contribution in [0, 0.1) is 0 Å². The van der Waals surface area contributed by atoms with Gasteiger partial charge in [-0.15, -0.1) is 0 Å². The van der Waals surface area contributed by atoms with Gasteiger partial charge >= 0.3 is 12.4 Å². The van der Waals surface area contributed by atoms with Gasteiger partial charge in [-0.3, -0.25) is 0 Å². The van der Waals surface area contributed by atoms with Crippen molar-refractivity contribution in [3.05, 3.63) is 155 Å². The molecule has 6 aromatic carbocycles. The van der Waals surface area contributed by atoms with Crippen molar-refractivity contribution in [2.24, 2.45) is 0 Å². The van der Waals surface area contributed by atoms with Crippen LogP contribution in [0.15, 0.2) is 121 Å². The first-order valence-corrected chi connectivity index (χ1v) is 14.8. The Bertz CT molecular complexity index is 2100. The lowest BCUT2D eigenvalue weighted by molar-refractivity contribution is -0.137. The molecule has 47 heavy (non-hydrogen) atoms. The summed E-state index contributed by atoms with van der Waals surface area (Å²) in [6.07, 6.45) is -9.30. The average Bonchev–Trinajstić information content (AvgIpc) is 3.50. The molecule has 8 heteroatoms. The number of benzene rings is 6. The Morgan fingerprint density at radius 3 is 1.15 bits per heavy atom. The molecule has 0 bridgehead atoms. The molecule has 2 nitrogen and oxygen atoms in total. The maximum Gasteiger partial charge on any atom is 0.417 e. The first-order valence-electron chi connectivity index (χ1n) is 14.8. The number of halogens is 6. The second kappa shape index (κ2) is 9.75. The molecule has 6 aromatic rings. The fourth-order valence-corrected chi connectivity index (χ4v) is 7.57. The second-order valence-corrected chi connectivity index (χ2v) is 12.0. The molecule has 2 aliphatic rings. The summed E-state index contributed by atoms with van der Waals surface area (Å²) in [5.74, 6) is 0. The average molecular weight is 635 g/mol. The number of fused-ring (bicyclic) bond motifs is 10. The monoisotopic (exact) mass is 634 g/mol. The first kappa shape index (κ1) is 28.9. The van der Waals surface area contributed by atoms with Crippen LogP contribution in [0.2, 0.25) is 0 Å². The van der Waals surface area contributed by atoms with Gasteiger partial charge in [0, 0.05) is 11.4 Å². The molecule has 0 fully saturated rings. The zero-order chi connectivity index (χ0) is 32.9. The van der Waals surface area contributed by atoms with E-state index >= 15 is 0 Å². The van der Waals surface area contributed by atoms with E-state index in [2.05, 4.69) is 0 Å². The quantitative estimate of drug-likeness (QED) is 0.147. The van der Waals surface area contributed by atoms with E-state index in [1.165, 1.54) is 24.3 Å². The van der Waals surface area contributed by atoms with Crippen LogP contribution in [0.3, 0.4) is 0 Å². The SMILES string of the molecule is Nc1ccc(-c2ccc3c(c2)C2(c4ccccc4-c4ccccc42)c2cc(-c4ccc(N)cc4C(F)(F)F)ccc2-3)c(C(F)(F)F)c1. The number of rotatable bonds is 2. The highest BCUT2D eigenvalue weighted by Crippen LogP contribution is 2.63. The van der Waals surface area contributed by atoms with Gasteiger partial charge < -0.3 is 11.5 Å². The molecule has 1 spiro atoms. The van der Waals surface area contributed by atoms with Crippen molar-refractivity contribution in [1.29, 1.82) is 0 Å². The number of hydrogen-bond donors (Lipinski definition) is 2. The van der Waals surface area contributed by atoms with E-state index < -0.39 is 28.9 Å². The third-order valence-corrected chi connectivity index (χ3v) is 9.41. The van der Waals surface area contributed by atoms with Gasteiger partial charge in [-0.25, -0.2) is 0 Å². The molecule has 8 rings (SSSR count). The molecule has 2 aliphatic carbocycles. The van der Waals surface area contributed by atoms with Gasteiger partial charge in [-0.1, -0.05) is 84.9 Å². The molecule has 0 saturated heterocycles. The van der Waals surface area contributed by atoms with Gasteiger partial charge in [0.25, 0.3) is 0 Å². The van der Waals surface area contributed by atoms with Gasteiger partial charge in [0.15, 0.2) is 0 Å². The van der Waals surface area contributed by atoms with Crippen molar-refractivity contribution in [3.8, 4) is 44.5 Å². The first-order chi connectivity index (χ1) is 22.4. The molecule has 0 atom stereocenters. The normalized spacial score (nSPS) is 14.1. The second-order valence-electron chi connectivity index (χ2n) is 12.0. The summed E-state index contributed by atoms with van der Waals surface area (Å²) < 4.78 is 85.8. The molecular weight excluding hydrogens is 610 g/mol. The Labute approximate surface area is 265 Å². The van der Waals surface area contributed by atoms with Crippen LogP contribution in [-0.2, 0) is 17.8 Å². The van der Waals surface area contributed by atoms with Crippen molar-refractivity contribution in [2.75, 3.05) is 11.5 Å². The maximum atomic E-state index is 14.3. The fraction of sp³-hybridized carbons (Fsp3) is 0.0769. The predicted octanol–water partition coefficient (Wildman–Crippen LogP) is 10.6. The van der Waals surface area contributed by atoms with Crippen LogP contribution in [0.5, 0.6) is 0 Å². The van der Waals surface area contributed by atoms with Crippen LogP contribution in [0.25, 0.3) is 44.5 Å². The van der Waals surface area contributed by atoms with Crippen LogP contribution < -0.4 is 11.5 Å². The standard InChI is InChI=1S/C39H24F6N2/c40-38(41,42)35-19-23(46)11-15-25(35)21-9-13-29-30-14-10-22(26-16-12-24(47)20-36(26)39(43,44)45)18-34(30)37(33(29)17-21)31-7-3-1-5-27(31)28-6-2-4-8-32(28)37/h1-20H,46-47H2. The van der Waals surface area contributed by atoms with E-state index in [0.29, 0.717) is 11.1 Å². The highest BCUT2D eigenvalue weighted by molar-refractivity contribution is 5.97. The molecular formula is C39H24F6N2. The Morgan fingerprint density at radius 2 is 0.745 bits per heavy atom. The van der Waals surface area contributed by atoms with Crippen molar-refractivity contribution in [2.45, 2.75) is 17.8 Å². The van der Waals surface area contributed by atoms with E-state index in [1.807, 2.05) is 60.7 Å². The molecule has 232 valence electrons. The third-order valence-electron chi connectivity index (χ3n) is 9.41. The van der Waals surface area contributed by atoms with Crippen LogP contribution in [0.4, 0.5) is 37.7 Å². The molecule has 0 amide bonds. The zero-order valence-corrected chi connectivity index (χ0v) is 24.5. The topological polar surface area (TPSA) is 52.0 Å². The number of hydrogen-bond acceptors (Lipinski definition) is 2. The van der Waals surface area contributed by atoms with E-state index in [9.17, 15) is 26.3 Å². The molecule has 0 saturated carbocycles. The summed E-state index contributed by atoms with van der Waals surface area (Å²) in [7, 11) is 0. The number of alkyl halides is 6. The Morgan fingerprint density at radius 1 is 0.383 bits per heavy atom. The number of nitrogens with two attached hydrogens (primary N) is 2. The van der Waals surface area contributed by atoms with Crippen molar-refractivity contribution in [3.63, 3.8) is 0 Å². The van der Waals surface area contributed by atoms with E-state index in [-0.39, 0.29) is 22.5 Å². The smallest absolute Gasteiger partial charge is 0.399 e. The minimum Gasteiger partial charge on any atom is -0.399 e. The Balaban J connectivity index is 1.46. The van der Waals surface area contributed by atoms with Crippen LogP contribution in [0.1, 0.15) is 33.4 Å². The zero-order valence-electron chi connectivity index (χ0n) is 24.5. The summed E-state index contributed by atoms with van der Waals surface area (Å²) in [6.45, 7) is 0. The van der Waals surface area contributed by atoms with E-state index in [4.69, 9.17) is 11.5 Å². The van der Waals surface area contributed by atoms with Gasteiger partial charge in [0.2, 0.25) is 0 Å². The fourth-order valence-electron chi connectivity index (χ4n) is 7.57. The lowest BCUT2D eigenvalue weighted by atomic mass is 9.70. The summed E-state index contributed by atoms with van der Waals surface area (Å²) >= 11 is 0. The highest BCUT2D eigenvalue weighted by Gasteiger charge is 2.52. The molecule has 0 aromatic heterocycles. The van der Waals surface area contributed by atoms with E-state index in [0.717, 1.165) is 56.6 Å². The lowest BCUT2D eigenvalue weighted by Gasteiger charge is -2.31. The Hall–Kier alpha value is -5.50. The maximum absolute atomic E-state index is 14.3. The summed E-state index contributed by atoms with van der Waals surface area (Å²) in [5, 5.41) is 0. The molecule has 0 unspecified atom stereocenters. The third kappa shape index (κ3) is 4.13. The van der Waals surface area contributed by atoms with Gasteiger partial charge in [0.05, 0.1) is 16.5 Å². The number of anilines is 2.